The van der Waals surface area contributed by atoms with Crippen LogP contribution in [0.15, 0.2) is 0 Å². The van der Waals surface area contributed by atoms with Crippen molar-refractivity contribution in [2.24, 2.45) is 5.92 Å². The van der Waals surface area contributed by atoms with Crippen LogP contribution in [0.25, 0.3) is 0 Å². The molecule has 1 amide bonds. The van der Waals surface area contributed by atoms with E-state index in [1.165, 1.54) is 0 Å². The summed E-state index contributed by atoms with van der Waals surface area (Å²) in [7, 11) is 0. The second kappa shape index (κ2) is 7.13. The molecule has 1 aliphatic rings. The zero-order chi connectivity index (χ0) is 14.5. The van der Waals surface area contributed by atoms with Gasteiger partial charge in [-0.15, -0.1) is 0 Å². The first-order valence-electron chi connectivity index (χ1n) is 7.49. The molecular formula is C15H30N2O2. The summed E-state index contributed by atoms with van der Waals surface area (Å²) < 4.78 is 5.43. The minimum absolute atomic E-state index is 0.169. The first kappa shape index (κ1) is 16.3. The lowest BCUT2D eigenvalue weighted by atomic mass is 10.1. The number of carbonyl (C=O) groups excluding carboxylic acids is 1. The van der Waals surface area contributed by atoms with Crippen LogP contribution >= 0.6 is 0 Å². The summed E-state index contributed by atoms with van der Waals surface area (Å²) in [4.78, 5) is 13.9. The maximum absolute atomic E-state index is 12.0. The van der Waals surface area contributed by atoms with Gasteiger partial charge in [-0.05, 0) is 52.5 Å². The molecule has 0 aromatic heterocycles. The molecular weight excluding hydrogens is 240 g/mol. The maximum atomic E-state index is 12.0. The number of nitrogens with zero attached hydrogens (tertiary/aromatic N) is 1. The smallest absolute Gasteiger partial charge is 0.410 e. The molecule has 0 saturated carbocycles. The number of hydrogen-bond acceptors (Lipinski definition) is 3. The van der Waals surface area contributed by atoms with Crippen LogP contribution in [-0.4, -0.2) is 42.3 Å². The maximum Gasteiger partial charge on any atom is 0.410 e. The van der Waals surface area contributed by atoms with Crippen LogP contribution in [0.3, 0.4) is 0 Å². The predicted molar refractivity (Wildman–Crippen MR) is 78.3 cm³/mol. The van der Waals surface area contributed by atoms with Gasteiger partial charge < -0.3 is 15.0 Å². The number of hydrogen-bond donors (Lipinski definition) is 1. The van der Waals surface area contributed by atoms with Crippen LogP contribution in [0.5, 0.6) is 0 Å². The van der Waals surface area contributed by atoms with Gasteiger partial charge in [0, 0.05) is 19.1 Å². The largest absolute Gasteiger partial charge is 0.444 e. The van der Waals surface area contributed by atoms with Crippen LogP contribution in [-0.2, 0) is 4.74 Å². The van der Waals surface area contributed by atoms with Crippen molar-refractivity contribution >= 4 is 6.09 Å². The number of nitrogens with one attached hydrogen (secondary N) is 1. The van der Waals surface area contributed by atoms with E-state index in [1.54, 1.807) is 0 Å². The SMILES string of the molecule is CC(C)CNC1CCCN(C(=O)OC(C)(C)C)CC1. The highest BCUT2D eigenvalue weighted by molar-refractivity contribution is 5.68. The van der Waals surface area contributed by atoms with E-state index in [0.29, 0.717) is 12.0 Å². The van der Waals surface area contributed by atoms with Crippen LogP contribution in [0.4, 0.5) is 4.79 Å². The van der Waals surface area contributed by atoms with Gasteiger partial charge in [-0.2, -0.15) is 0 Å². The van der Waals surface area contributed by atoms with Gasteiger partial charge in [0.15, 0.2) is 0 Å². The van der Waals surface area contributed by atoms with Crippen molar-refractivity contribution in [3.8, 4) is 0 Å². The van der Waals surface area contributed by atoms with Gasteiger partial charge in [0.2, 0.25) is 0 Å². The fraction of sp³-hybridized carbons (Fsp3) is 0.933. The van der Waals surface area contributed by atoms with Gasteiger partial charge in [0.05, 0.1) is 0 Å². The van der Waals surface area contributed by atoms with Crippen LogP contribution in [0.2, 0.25) is 0 Å². The Morgan fingerprint density at radius 2 is 2.00 bits per heavy atom. The Hall–Kier alpha value is -0.770. The van der Waals surface area contributed by atoms with Gasteiger partial charge in [-0.1, -0.05) is 13.8 Å². The summed E-state index contributed by atoms with van der Waals surface area (Å²) in [5.41, 5.74) is -0.404. The van der Waals surface area contributed by atoms with Crippen molar-refractivity contribution in [2.45, 2.75) is 65.5 Å². The molecule has 0 aromatic rings. The molecule has 4 heteroatoms. The molecule has 1 aliphatic heterocycles. The second-order valence-corrected chi connectivity index (χ2v) is 6.90. The molecule has 0 bridgehead atoms. The molecule has 0 aromatic carbocycles. The minimum Gasteiger partial charge on any atom is -0.444 e. The lowest BCUT2D eigenvalue weighted by Crippen LogP contribution is -2.38. The van der Waals surface area contributed by atoms with Gasteiger partial charge >= 0.3 is 6.09 Å². The average Bonchev–Trinajstić information content (AvgIpc) is 2.49. The van der Waals surface area contributed by atoms with E-state index in [1.807, 2.05) is 25.7 Å². The number of likely N-dealkylation sites (tertiary alicyclic amines) is 1. The Labute approximate surface area is 117 Å². The van der Waals surface area contributed by atoms with Crippen molar-refractivity contribution < 1.29 is 9.53 Å². The first-order chi connectivity index (χ1) is 8.78. The molecule has 4 nitrogen and oxygen atoms in total. The second-order valence-electron chi connectivity index (χ2n) is 6.90. The molecule has 1 fully saturated rings. The molecule has 112 valence electrons. The normalized spacial score (nSPS) is 21.4. The molecule has 1 N–H and O–H groups in total. The minimum atomic E-state index is -0.404. The molecule has 1 heterocycles. The molecule has 1 rings (SSSR count). The zero-order valence-corrected chi connectivity index (χ0v) is 13.2. The third-order valence-electron chi connectivity index (χ3n) is 3.19. The number of amides is 1. The third-order valence-corrected chi connectivity index (χ3v) is 3.19. The first-order valence-corrected chi connectivity index (χ1v) is 7.49. The Morgan fingerprint density at radius 1 is 1.32 bits per heavy atom. The fourth-order valence-corrected chi connectivity index (χ4v) is 2.21. The van der Waals surface area contributed by atoms with E-state index in [0.717, 1.165) is 38.9 Å². The van der Waals surface area contributed by atoms with E-state index >= 15 is 0 Å². The van der Waals surface area contributed by atoms with Crippen molar-refractivity contribution in [2.75, 3.05) is 19.6 Å². The van der Waals surface area contributed by atoms with E-state index in [2.05, 4.69) is 19.2 Å². The fourth-order valence-electron chi connectivity index (χ4n) is 2.21. The van der Waals surface area contributed by atoms with E-state index < -0.39 is 5.60 Å². The standard InChI is InChI=1S/C15H30N2O2/c1-12(2)11-16-13-7-6-9-17(10-8-13)14(18)19-15(3,4)5/h12-13,16H,6-11H2,1-5H3. The van der Waals surface area contributed by atoms with E-state index in [-0.39, 0.29) is 6.09 Å². The Balaban J connectivity index is 2.39. The summed E-state index contributed by atoms with van der Waals surface area (Å²) in [6.45, 7) is 12.8. The number of rotatable bonds is 3. The lowest BCUT2D eigenvalue weighted by Gasteiger charge is -2.26. The van der Waals surface area contributed by atoms with Crippen molar-refractivity contribution in [1.82, 2.24) is 10.2 Å². The van der Waals surface area contributed by atoms with Crippen molar-refractivity contribution in [3.05, 3.63) is 0 Å². The Kier molecular flexibility index (Phi) is 6.11. The van der Waals surface area contributed by atoms with Crippen molar-refractivity contribution in [3.63, 3.8) is 0 Å². The average molecular weight is 270 g/mol. The van der Waals surface area contributed by atoms with E-state index in [9.17, 15) is 4.79 Å². The highest BCUT2D eigenvalue weighted by Gasteiger charge is 2.24. The summed E-state index contributed by atoms with van der Waals surface area (Å²) >= 11 is 0. The Bertz CT molecular complexity index is 284. The van der Waals surface area contributed by atoms with Gasteiger partial charge in [-0.25, -0.2) is 4.79 Å². The highest BCUT2D eigenvalue weighted by Crippen LogP contribution is 2.15. The summed E-state index contributed by atoms with van der Waals surface area (Å²) in [6, 6.07) is 0.537. The van der Waals surface area contributed by atoms with Crippen LogP contribution < -0.4 is 5.32 Å². The monoisotopic (exact) mass is 270 g/mol. The molecule has 0 radical (unpaired) electrons. The topological polar surface area (TPSA) is 41.6 Å². The van der Waals surface area contributed by atoms with Crippen LogP contribution in [0, 0.1) is 5.92 Å². The Morgan fingerprint density at radius 3 is 2.58 bits per heavy atom. The van der Waals surface area contributed by atoms with Gasteiger partial charge in [0.25, 0.3) is 0 Å². The molecule has 19 heavy (non-hydrogen) atoms. The number of carbonyl (C=O) groups is 1. The summed E-state index contributed by atoms with van der Waals surface area (Å²) in [5, 5.41) is 3.59. The molecule has 1 atom stereocenters. The molecule has 0 spiro atoms. The molecule has 1 unspecified atom stereocenters. The number of ether oxygens (including phenoxy) is 1. The summed E-state index contributed by atoms with van der Waals surface area (Å²) in [5.74, 6) is 0.671. The molecule has 1 saturated heterocycles. The summed E-state index contributed by atoms with van der Waals surface area (Å²) in [6.07, 6.45) is 3.05. The van der Waals surface area contributed by atoms with Crippen molar-refractivity contribution in [1.29, 1.82) is 0 Å². The zero-order valence-electron chi connectivity index (χ0n) is 13.2. The van der Waals surface area contributed by atoms with E-state index in [4.69, 9.17) is 4.74 Å². The van der Waals surface area contributed by atoms with Crippen LogP contribution in [0.1, 0.15) is 53.9 Å². The quantitative estimate of drug-likeness (QED) is 0.857. The lowest BCUT2D eigenvalue weighted by molar-refractivity contribution is 0.0256. The highest BCUT2D eigenvalue weighted by atomic mass is 16.6. The predicted octanol–water partition coefficient (Wildman–Crippen LogP) is 3.02. The van der Waals surface area contributed by atoms with Gasteiger partial charge in [-0.3, -0.25) is 0 Å². The third kappa shape index (κ3) is 6.81. The van der Waals surface area contributed by atoms with Gasteiger partial charge in [0.1, 0.15) is 5.60 Å². The molecule has 0 aliphatic carbocycles.